The van der Waals surface area contributed by atoms with Crippen molar-refractivity contribution in [2.45, 2.75) is 51.0 Å². The van der Waals surface area contributed by atoms with E-state index in [1.54, 1.807) is 19.2 Å². The maximum Gasteiger partial charge on any atom is 0.251 e. The van der Waals surface area contributed by atoms with E-state index in [2.05, 4.69) is 31.0 Å². The van der Waals surface area contributed by atoms with Crippen LogP contribution in [0.5, 0.6) is 0 Å². The van der Waals surface area contributed by atoms with Crippen LogP contribution in [0.2, 0.25) is 5.02 Å². The Kier molecular flexibility index (Phi) is 7.72. The van der Waals surface area contributed by atoms with E-state index in [1.807, 2.05) is 11.0 Å². The maximum atomic E-state index is 14.8. The highest BCUT2D eigenvalue weighted by Crippen LogP contribution is 2.40. The number of hydrogen-bond acceptors (Lipinski definition) is 3. The van der Waals surface area contributed by atoms with Crippen molar-refractivity contribution in [1.29, 1.82) is 0 Å². The first-order chi connectivity index (χ1) is 17.0. The summed E-state index contributed by atoms with van der Waals surface area (Å²) in [4.78, 5) is 30.3. The molecule has 1 N–H and O–H groups in total. The summed E-state index contributed by atoms with van der Waals surface area (Å²) < 4.78 is 28.4. The number of hydrogen-bond donors (Lipinski definition) is 1. The fourth-order valence-electron chi connectivity index (χ4n) is 5.58. The van der Waals surface area contributed by atoms with Crippen LogP contribution < -0.4 is 5.32 Å². The van der Waals surface area contributed by atoms with E-state index in [0.717, 1.165) is 24.5 Å². The van der Waals surface area contributed by atoms with Crippen LogP contribution in [0.3, 0.4) is 0 Å². The van der Waals surface area contributed by atoms with Gasteiger partial charge in [-0.1, -0.05) is 23.7 Å². The Bertz CT molecular complexity index is 1140. The molecule has 2 amide bonds. The Morgan fingerprint density at radius 2 is 1.67 bits per heavy atom. The fourth-order valence-corrected chi connectivity index (χ4v) is 5.75. The molecule has 2 aliphatic rings. The van der Waals surface area contributed by atoms with Crippen molar-refractivity contribution < 1.29 is 18.4 Å². The number of carbonyl (C=O) groups is 2. The summed E-state index contributed by atoms with van der Waals surface area (Å²) in [5.74, 6) is -2.00. The predicted molar refractivity (Wildman–Crippen MR) is 137 cm³/mol. The van der Waals surface area contributed by atoms with Crippen LogP contribution in [0.25, 0.3) is 0 Å². The SMILES string of the molecule is CNC(=O)c1cc(Cl)ccc1C1CCN(C(=O)[C@@H]2CN(C(C)(C)C)C[C@H]2c2ccc(F)cc2F)CC1. The minimum absolute atomic E-state index is 0.0107. The highest BCUT2D eigenvalue weighted by Gasteiger charge is 2.44. The van der Waals surface area contributed by atoms with Crippen LogP contribution in [0.4, 0.5) is 8.78 Å². The van der Waals surface area contributed by atoms with Crippen LogP contribution in [0.1, 0.15) is 66.9 Å². The van der Waals surface area contributed by atoms with Gasteiger partial charge in [0.1, 0.15) is 11.6 Å². The smallest absolute Gasteiger partial charge is 0.251 e. The number of likely N-dealkylation sites (tertiary alicyclic amines) is 2. The molecule has 0 radical (unpaired) electrons. The summed E-state index contributed by atoms with van der Waals surface area (Å²) in [6.07, 6.45) is 1.45. The van der Waals surface area contributed by atoms with Crippen LogP contribution in [0, 0.1) is 17.6 Å². The van der Waals surface area contributed by atoms with Crippen molar-refractivity contribution >= 4 is 23.4 Å². The lowest BCUT2D eigenvalue weighted by Crippen LogP contribution is -2.44. The number of nitrogens with zero attached hydrogens (tertiary/aromatic N) is 2. The monoisotopic (exact) mass is 517 g/mol. The van der Waals surface area contributed by atoms with Crippen molar-refractivity contribution in [3.8, 4) is 0 Å². The van der Waals surface area contributed by atoms with Crippen LogP contribution in [0.15, 0.2) is 36.4 Å². The molecular weight excluding hydrogens is 484 g/mol. The van der Waals surface area contributed by atoms with E-state index in [4.69, 9.17) is 11.6 Å². The molecule has 2 aliphatic heterocycles. The molecule has 0 aromatic heterocycles. The number of amides is 2. The Balaban J connectivity index is 1.52. The molecule has 2 atom stereocenters. The Hall–Kier alpha value is -2.51. The van der Waals surface area contributed by atoms with Gasteiger partial charge in [0.25, 0.3) is 5.91 Å². The van der Waals surface area contributed by atoms with Crippen molar-refractivity contribution in [2.24, 2.45) is 5.92 Å². The Labute approximate surface area is 216 Å². The number of nitrogens with one attached hydrogen (secondary N) is 1. The number of carbonyl (C=O) groups excluding carboxylic acids is 2. The number of halogens is 3. The van der Waals surface area contributed by atoms with Gasteiger partial charge in [-0.3, -0.25) is 14.5 Å². The van der Waals surface area contributed by atoms with Crippen molar-refractivity contribution in [3.05, 3.63) is 69.7 Å². The second-order valence-corrected chi connectivity index (χ2v) is 11.3. The van der Waals surface area contributed by atoms with Crippen molar-refractivity contribution in [2.75, 3.05) is 33.2 Å². The fraction of sp³-hybridized carbons (Fsp3) is 0.500. The second-order valence-electron chi connectivity index (χ2n) is 10.9. The Morgan fingerprint density at radius 1 is 1.00 bits per heavy atom. The van der Waals surface area contributed by atoms with Gasteiger partial charge < -0.3 is 10.2 Å². The van der Waals surface area contributed by atoms with Gasteiger partial charge in [0, 0.05) is 61.3 Å². The summed E-state index contributed by atoms with van der Waals surface area (Å²) in [5, 5.41) is 3.18. The van der Waals surface area contributed by atoms with Gasteiger partial charge in [-0.05, 0) is 68.9 Å². The highest BCUT2D eigenvalue weighted by atomic mass is 35.5. The summed E-state index contributed by atoms with van der Waals surface area (Å²) in [6.45, 7) is 8.44. The molecule has 0 unspecified atom stereocenters. The topological polar surface area (TPSA) is 52.7 Å². The molecular formula is C28H34ClF2N3O2. The first-order valence-corrected chi connectivity index (χ1v) is 12.9. The molecule has 194 valence electrons. The minimum Gasteiger partial charge on any atom is -0.355 e. The average Bonchev–Trinajstić information content (AvgIpc) is 3.29. The number of benzene rings is 2. The predicted octanol–water partition coefficient (Wildman–Crippen LogP) is 5.20. The van der Waals surface area contributed by atoms with Gasteiger partial charge in [0.15, 0.2) is 0 Å². The molecule has 2 saturated heterocycles. The number of rotatable bonds is 4. The van der Waals surface area contributed by atoms with Gasteiger partial charge >= 0.3 is 0 Å². The zero-order valence-corrected chi connectivity index (χ0v) is 22.0. The third-order valence-corrected chi connectivity index (χ3v) is 7.92. The van der Waals surface area contributed by atoms with Crippen LogP contribution in [-0.4, -0.2) is 60.4 Å². The van der Waals surface area contributed by atoms with Gasteiger partial charge in [-0.15, -0.1) is 0 Å². The lowest BCUT2D eigenvalue weighted by atomic mass is 9.84. The molecule has 2 fully saturated rings. The standard InChI is InChI=1S/C28H34ClF2N3O2/c1-28(2,3)34-15-23(21-8-6-19(30)14-25(21)31)24(16-34)27(36)33-11-9-17(10-12-33)20-7-5-18(29)13-22(20)26(35)32-4/h5-8,13-14,17,23-24H,9-12,15-16H2,1-4H3,(H,32,35)/t23-,24+/m0/s1. The van der Waals surface area contributed by atoms with Gasteiger partial charge in [0.05, 0.1) is 5.92 Å². The molecule has 0 aliphatic carbocycles. The van der Waals surface area contributed by atoms with Gasteiger partial charge in [-0.2, -0.15) is 0 Å². The molecule has 8 heteroatoms. The molecule has 2 aromatic rings. The maximum absolute atomic E-state index is 14.8. The Morgan fingerprint density at radius 3 is 2.28 bits per heavy atom. The van der Waals surface area contributed by atoms with E-state index in [0.29, 0.717) is 42.3 Å². The molecule has 2 heterocycles. The lowest BCUT2D eigenvalue weighted by molar-refractivity contribution is -0.136. The molecule has 5 nitrogen and oxygen atoms in total. The molecule has 0 saturated carbocycles. The van der Waals surface area contributed by atoms with E-state index >= 15 is 0 Å². The largest absolute Gasteiger partial charge is 0.355 e. The highest BCUT2D eigenvalue weighted by molar-refractivity contribution is 6.31. The third kappa shape index (κ3) is 5.42. The zero-order chi connectivity index (χ0) is 26.2. The lowest BCUT2D eigenvalue weighted by Gasteiger charge is -2.35. The normalized spacial score (nSPS) is 21.6. The van der Waals surface area contributed by atoms with Crippen molar-refractivity contribution in [3.63, 3.8) is 0 Å². The third-order valence-electron chi connectivity index (χ3n) is 7.68. The van der Waals surface area contributed by atoms with E-state index in [-0.39, 0.29) is 29.2 Å². The summed E-state index contributed by atoms with van der Waals surface area (Å²) >= 11 is 6.14. The first kappa shape index (κ1) is 26.6. The number of piperidine rings is 1. The molecule has 0 bridgehead atoms. The minimum atomic E-state index is -0.620. The van der Waals surface area contributed by atoms with Gasteiger partial charge in [-0.25, -0.2) is 8.78 Å². The van der Waals surface area contributed by atoms with Gasteiger partial charge in [0.2, 0.25) is 5.91 Å². The molecule has 2 aromatic carbocycles. The summed E-state index contributed by atoms with van der Waals surface area (Å²) in [6, 6.07) is 9.03. The summed E-state index contributed by atoms with van der Waals surface area (Å²) in [7, 11) is 1.59. The van der Waals surface area contributed by atoms with E-state index in [9.17, 15) is 18.4 Å². The summed E-state index contributed by atoms with van der Waals surface area (Å²) in [5.41, 5.74) is 1.73. The zero-order valence-electron chi connectivity index (χ0n) is 21.3. The molecule has 36 heavy (non-hydrogen) atoms. The first-order valence-electron chi connectivity index (χ1n) is 12.5. The van der Waals surface area contributed by atoms with E-state index < -0.39 is 17.6 Å². The quantitative estimate of drug-likeness (QED) is 0.606. The van der Waals surface area contributed by atoms with Crippen molar-refractivity contribution in [1.82, 2.24) is 15.1 Å². The average molecular weight is 518 g/mol. The molecule has 0 spiro atoms. The van der Waals surface area contributed by atoms with Crippen LogP contribution >= 0.6 is 11.6 Å². The van der Waals surface area contributed by atoms with E-state index in [1.165, 1.54) is 12.1 Å². The molecule has 4 rings (SSSR count). The van der Waals surface area contributed by atoms with Crippen LogP contribution in [-0.2, 0) is 4.79 Å². The second kappa shape index (κ2) is 10.5.